The molecule has 0 saturated carbocycles. The molecule has 0 bridgehead atoms. The summed E-state index contributed by atoms with van der Waals surface area (Å²) in [5.74, 6) is 0.155. The number of likely N-dealkylation sites (tertiary alicyclic amines) is 1. The highest BCUT2D eigenvalue weighted by molar-refractivity contribution is 6.05. The van der Waals surface area contributed by atoms with Crippen LogP contribution in [0, 0.1) is 6.92 Å². The average Bonchev–Trinajstić information content (AvgIpc) is 3.02. The van der Waals surface area contributed by atoms with Gasteiger partial charge in [-0.3, -0.25) is 9.59 Å². The number of halogens is 1. The molecule has 6 nitrogen and oxygen atoms in total. The lowest BCUT2D eigenvalue weighted by molar-refractivity contribution is 0.0712. The standard InChI is InChI=1S/C34H35FN4O2/c1-23(2)39(35)32-16-15-30(22-36-32)33(40)37-31-21-29(10-9-24(31)3)34(41)38-19-17-28(18-20-38)27-13-11-26(12-14-27)25-7-5-4-6-8-25/h4-16,21-23,28H,17-20H2,1-3H3,(H,37,40). The number of nitrogens with one attached hydrogen (secondary N) is 1. The highest BCUT2D eigenvalue weighted by Crippen LogP contribution is 2.31. The van der Waals surface area contributed by atoms with Crippen molar-refractivity contribution >= 4 is 23.3 Å². The summed E-state index contributed by atoms with van der Waals surface area (Å²) in [7, 11) is 0. The van der Waals surface area contributed by atoms with Gasteiger partial charge in [0.05, 0.1) is 11.6 Å². The molecule has 0 radical (unpaired) electrons. The molecule has 0 unspecified atom stereocenters. The molecule has 4 aromatic rings. The number of hydrogen-bond acceptors (Lipinski definition) is 4. The minimum absolute atomic E-state index is 0.0406. The summed E-state index contributed by atoms with van der Waals surface area (Å²) < 4.78 is 14.1. The van der Waals surface area contributed by atoms with Crippen LogP contribution in [0.2, 0.25) is 0 Å². The number of amides is 2. The van der Waals surface area contributed by atoms with Gasteiger partial charge in [0.25, 0.3) is 11.8 Å². The molecule has 1 fully saturated rings. The molecule has 1 saturated heterocycles. The number of rotatable bonds is 7. The molecule has 5 rings (SSSR count). The van der Waals surface area contributed by atoms with E-state index >= 15 is 0 Å². The zero-order chi connectivity index (χ0) is 28.9. The predicted octanol–water partition coefficient (Wildman–Crippen LogP) is 7.43. The fourth-order valence-corrected chi connectivity index (χ4v) is 5.17. The van der Waals surface area contributed by atoms with Gasteiger partial charge < -0.3 is 10.2 Å². The monoisotopic (exact) mass is 550 g/mol. The summed E-state index contributed by atoms with van der Waals surface area (Å²) in [6.07, 6.45) is 3.16. The summed E-state index contributed by atoms with van der Waals surface area (Å²) in [5, 5.41) is 3.43. The quantitative estimate of drug-likeness (QED) is 0.243. The number of carbonyl (C=O) groups is 2. The Morgan fingerprint density at radius 1 is 0.902 bits per heavy atom. The number of aryl methyl sites for hydroxylation is 1. The molecule has 3 aromatic carbocycles. The molecular formula is C34H35FN4O2. The van der Waals surface area contributed by atoms with Gasteiger partial charge in [-0.25, -0.2) is 4.98 Å². The van der Waals surface area contributed by atoms with E-state index in [1.807, 2.05) is 36.1 Å². The second-order valence-electron chi connectivity index (χ2n) is 10.8. The number of hydrogen-bond donors (Lipinski definition) is 1. The molecule has 1 aromatic heterocycles. The van der Waals surface area contributed by atoms with Crippen LogP contribution in [0.3, 0.4) is 0 Å². The fourth-order valence-electron chi connectivity index (χ4n) is 5.17. The second kappa shape index (κ2) is 12.3. The molecule has 1 aliphatic rings. The number of nitrogens with zero attached hydrogens (tertiary/aromatic N) is 3. The first kappa shape index (κ1) is 28.0. The van der Waals surface area contributed by atoms with Crippen molar-refractivity contribution in [1.29, 1.82) is 0 Å². The maximum Gasteiger partial charge on any atom is 0.257 e. The van der Waals surface area contributed by atoms with Crippen LogP contribution in [0.15, 0.2) is 91.1 Å². The SMILES string of the molecule is Cc1ccc(C(=O)N2CCC(c3ccc(-c4ccccc4)cc3)CC2)cc1NC(=O)c1ccc(N(F)C(C)C)nc1. The summed E-state index contributed by atoms with van der Waals surface area (Å²) in [5.41, 5.74) is 5.96. The van der Waals surface area contributed by atoms with Gasteiger partial charge in [0.2, 0.25) is 0 Å². The number of carbonyl (C=O) groups excluding carboxylic acids is 2. The molecule has 2 heterocycles. The van der Waals surface area contributed by atoms with Gasteiger partial charge in [0.15, 0.2) is 5.82 Å². The van der Waals surface area contributed by atoms with Gasteiger partial charge in [-0.05, 0) is 86.1 Å². The zero-order valence-corrected chi connectivity index (χ0v) is 23.7. The maximum absolute atomic E-state index is 14.1. The second-order valence-corrected chi connectivity index (χ2v) is 10.8. The van der Waals surface area contributed by atoms with Gasteiger partial charge in [-0.1, -0.05) is 65.1 Å². The van der Waals surface area contributed by atoms with Crippen molar-refractivity contribution in [3.05, 3.63) is 113 Å². The number of anilines is 2. The van der Waals surface area contributed by atoms with Gasteiger partial charge in [0, 0.05) is 30.5 Å². The maximum atomic E-state index is 14.1. The molecule has 41 heavy (non-hydrogen) atoms. The lowest BCUT2D eigenvalue weighted by Gasteiger charge is -2.32. The first-order valence-electron chi connectivity index (χ1n) is 14.1. The van der Waals surface area contributed by atoms with E-state index in [1.165, 1.54) is 35.0 Å². The Balaban J connectivity index is 1.20. The van der Waals surface area contributed by atoms with Crippen LogP contribution in [0.1, 0.15) is 64.4 Å². The van der Waals surface area contributed by atoms with Crippen molar-refractivity contribution in [1.82, 2.24) is 9.88 Å². The smallest absolute Gasteiger partial charge is 0.257 e. The average molecular weight is 551 g/mol. The third kappa shape index (κ3) is 6.46. The van der Waals surface area contributed by atoms with Gasteiger partial charge in [-0.2, -0.15) is 5.12 Å². The van der Waals surface area contributed by atoms with E-state index in [0.717, 1.165) is 18.4 Å². The van der Waals surface area contributed by atoms with Crippen LogP contribution in [-0.4, -0.2) is 40.8 Å². The molecule has 210 valence electrons. The van der Waals surface area contributed by atoms with Gasteiger partial charge in [-0.15, -0.1) is 0 Å². The van der Waals surface area contributed by atoms with Gasteiger partial charge >= 0.3 is 0 Å². The Morgan fingerprint density at radius 3 is 2.20 bits per heavy atom. The van der Waals surface area contributed by atoms with Crippen LogP contribution in [0.25, 0.3) is 11.1 Å². The normalized spacial score (nSPS) is 13.7. The minimum Gasteiger partial charge on any atom is -0.339 e. The van der Waals surface area contributed by atoms with E-state index in [4.69, 9.17) is 0 Å². The van der Waals surface area contributed by atoms with Crippen molar-refractivity contribution in [3.8, 4) is 11.1 Å². The topological polar surface area (TPSA) is 65.5 Å². The van der Waals surface area contributed by atoms with Crippen molar-refractivity contribution in [2.45, 2.75) is 45.6 Å². The Bertz CT molecular complexity index is 1500. The van der Waals surface area contributed by atoms with Gasteiger partial charge in [0.1, 0.15) is 0 Å². The predicted molar refractivity (Wildman–Crippen MR) is 162 cm³/mol. The third-order valence-corrected chi connectivity index (χ3v) is 7.69. The highest BCUT2D eigenvalue weighted by Gasteiger charge is 2.25. The van der Waals surface area contributed by atoms with Crippen molar-refractivity contribution in [2.24, 2.45) is 0 Å². The number of pyridine rings is 1. The van der Waals surface area contributed by atoms with Crippen LogP contribution in [-0.2, 0) is 0 Å². The minimum atomic E-state index is -0.370. The molecule has 0 aliphatic carbocycles. The van der Waals surface area contributed by atoms with Crippen molar-refractivity contribution in [2.75, 3.05) is 23.5 Å². The fraction of sp³-hybridized carbons (Fsp3) is 0.265. The number of aromatic nitrogens is 1. The zero-order valence-electron chi connectivity index (χ0n) is 23.7. The Hall–Kier alpha value is -4.52. The van der Waals surface area contributed by atoms with E-state index in [1.54, 1.807) is 26.0 Å². The number of piperidine rings is 1. The summed E-state index contributed by atoms with van der Waals surface area (Å²) in [6, 6.07) is 27.1. The molecule has 1 N–H and O–H groups in total. The Labute approximate surface area is 240 Å². The lowest BCUT2D eigenvalue weighted by atomic mass is 9.88. The van der Waals surface area contributed by atoms with Crippen molar-refractivity contribution < 1.29 is 14.1 Å². The van der Waals surface area contributed by atoms with Crippen LogP contribution in [0.4, 0.5) is 16.0 Å². The van der Waals surface area contributed by atoms with Crippen molar-refractivity contribution in [3.63, 3.8) is 0 Å². The first-order chi connectivity index (χ1) is 19.8. The van der Waals surface area contributed by atoms with Crippen LogP contribution in [0.5, 0.6) is 0 Å². The third-order valence-electron chi connectivity index (χ3n) is 7.69. The van der Waals surface area contributed by atoms with E-state index in [-0.39, 0.29) is 23.7 Å². The van der Waals surface area contributed by atoms with Crippen LogP contribution >= 0.6 is 0 Å². The molecule has 0 spiro atoms. The summed E-state index contributed by atoms with van der Waals surface area (Å²) in [4.78, 5) is 32.2. The summed E-state index contributed by atoms with van der Waals surface area (Å²) >= 11 is 0. The van der Waals surface area contributed by atoms with E-state index in [9.17, 15) is 14.1 Å². The first-order valence-corrected chi connectivity index (χ1v) is 14.1. The summed E-state index contributed by atoms with van der Waals surface area (Å²) in [6.45, 7) is 6.67. The Morgan fingerprint density at radius 2 is 1.56 bits per heavy atom. The van der Waals surface area contributed by atoms with Crippen LogP contribution < -0.4 is 10.4 Å². The largest absolute Gasteiger partial charge is 0.339 e. The lowest BCUT2D eigenvalue weighted by Crippen LogP contribution is -2.38. The molecule has 7 heteroatoms. The van der Waals surface area contributed by atoms with E-state index < -0.39 is 0 Å². The molecule has 2 amide bonds. The Kier molecular flexibility index (Phi) is 8.43. The van der Waals surface area contributed by atoms with E-state index in [2.05, 4.69) is 46.7 Å². The molecule has 1 aliphatic heterocycles. The molecule has 0 atom stereocenters. The number of benzene rings is 3. The highest BCUT2D eigenvalue weighted by atomic mass is 19.2. The van der Waals surface area contributed by atoms with E-state index in [0.29, 0.717) is 40.9 Å². The molecular weight excluding hydrogens is 515 g/mol.